The van der Waals surface area contributed by atoms with Gasteiger partial charge in [0, 0.05) is 12.8 Å². The molecule has 0 saturated heterocycles. The molecule has 0 aliphatic rings. The second-order valence-corrected chi connectivity index (χ2v) is 31.6. The summed E-state index contributed by atoms with van der Waals surface area (Å²) in [5.74, 6) is -1.97. The van der Waals surface area contributed by atoms with Crippen molar-refractivity contribution in [3.8, 4) is 0 Å². The lowest BCUT2D eigenvalue weighted by atomic mass is 10.0. The maximum atomic E-state index is 13.0. The van der Waals surface area contributed by atoms with Gasteiger partial charge in [-0.2, -0.15) is 0 Å². The maximum absolute atomic E-state index is 13.0. The van der Waals surface area contributed by atoms with E-state index in [1.54, 1.807) is 0 Å². The Bertz CT molecular complexity index is 1720. The molecule has 0 aromatic rings. The van der Waals surface area contributed by atoms with Crippen molar-refractivity contribution in [1.29, 1.82) is 0 Å². The van der Waals surface area contributed by atoms with Crippen LogP contribution in [0, 0.1) is 0 Å². The Morgan fingerprint density at radius 3 is 0.808 bits per heavy atom. The van der Waals surface area contributed by atoms with Crippen molar-refractivity contribution < 1.29 is 42.9 Å². The highest BCUT2D eigenvalue weighted by Gasteiger charge is 2.25. The molecule has 0 heterocycles. The van der Waals surface area contributed by atoms with Gasteiger partial charge in [0.1, 0.15) is 13.2 Å². The Hall–Kier alpha value is -2.49. The average Bonchev–Trinajstić information content (AvgIpc) is 1.16. The van der Waals surface area contributed by atoms with Gasteiger partial charge in [-0.05, 0) is 70.6 Å². The van der Waals surface area contributed by atoms with E-state index in [1.165, 1.54) is 392 Å². The molecule has 0 amide bonds. The van der Waals surface area contributed by atoms with Crippen molar-refractivity contribution in [2.75, 3.05) is 47.5 Å². The smallest absolute Gasteiger partial charge is 0.361 e. The zero-order valence-corrected chi connectivity index (χ0v) is 67.2. The number of carboxylic acids is 1. The predicted molar refractivity (Wildman–Crippen MR) is 429 cm³/mol. The zero-order valence-electron chi connectivity index (χ0n) is 67.2. The van der Waals surface area contributed by atoms with Gasteiger partial charge in [-0.3, -0.25) is 9.59 Å². The van der Waals surface area contributed by atoms with E-state index in [0.29, 0.717) is 17.4 Å². The van der Waals surface area contributed by atoms with Gasteiger partial charge in [0.2, 0.25) is 0 Å². The summed E-state index contributed by atoms with van der Waals surface area (Å²) < 4.78 is 23.1. The highest BCUT2D eigenvalue weighted by Crippen LogP contribution is 2.21. The van der Waals surface area contributed by atoms with Crippen LogP contribution in [0.15, 0.2) is 36.5 Å². The zero-order chi connectivity index (χ0) is 71.8. The number of hydrogen-bond acceptors (Lipinski definition) is 7. The molecule has 0 spiro atoms. The van der Waals surface area contributed by atoms with Crippen molar-refractivity contribution in [2.45, 2.75) is 476 Å². The first kappa shape index (κ1) is 96.5. The number of carbonyl (C=O) groups is 3. The number of rotatable bonds is 84. The minimum atomic E-state index is -1.51. The molecule has 0 fully saturated rings. The molecule has 0 bridgehead atoms. The van der Waals surface area contributed by atoms with Crippen LogP contribution >= 0.6 is 0 Å². The molecule has 0 aromatic carbocycles. The van der Waals surface area contributed by atoms with Gasteiger partial charge in [0.25, 0.3) is 6.29 Å². The largest absolute Gasteiger partial charge is 0.477 e. The summed E-state index contributed by atoms with van der Waals surface area (Å²) in [6, 6.07) is 0. The minimum absolute atomic E-state index is 0.174. The summed E-state index contributed by atoms with van der Waals surface area (Å²) in [6.07, 6.45) is 103. The standard InChI is InChI=1S/C90H171NO8/c1-6-8-10-12-14-16-18-20-22-24-26-28-30-32-34-36-38-40-42-43-44-45-47-48-50-52-54-56-58-60-62-64-66-68-70-72-74-76-78-80-87(92)97-84-86(85-98-90(89(94)95)96-83-82-91(3,4)5)99-88(93)81-79-77-75-73-71-69-67-65-63-61-59-57-55-53-51-49-46-41-39-37-35-33-31-29-27-25-23-21-19-17-15-13-11-9-7-2/h19,21,24-27,86,90H,6-18,20,22-23,28-85H2,1-5H3/p+1/b21-19-,26-24-,27-25-. The van der Waals surface area contributed by atoms with E-state index in [1.807, 2.05) is 21.1 Å². The molecule has 9 nitrogen and oxygen atoms in total. The fraction of sp³-hybridized carbons (Fsp3) is 0.900. The third kappa shape index (κ3) is 82.7. The highest BCUT2D eigenvalue weighted by molar-refractivity contribution is 5.71. The summed E-state index contributed by atoms with van der Waals surface area (Å²) in [5, 5.41) is 9.79. The van der Waals surface area contributed by atoms with E-state index in [4.69, 9.17) is 18.9 Å². The topological polar surface area (TPSA) is 108 Å². The van der Waals surface area contributed by atoms with E-state index in [-0.39, 0.29) is 38.2 Å². The van der Waals surface area contributed by atoms with E-state index >= 15 is 0 Å². The van der Waals surface area contributed by atoms with Crippen LogP contribution in [0.1, 0.15) is 463 Å². The number of carboxylic acid groups (broad SMARTS) is 1. The summed E-state index contributed by atoms with van der Waals surface area (Å²) in [6.45, 7) is 4.96. The third-order valence-electron chi connectivity index (χ3n) is 20.4. The predicted octanol–water partition coefficient (Wildman–Crippen LogP) is 28.6. The van der Waals surface area contributed by atoms with Crippen LogP contribution in [0.4, 0.5) is 0 Å². The number of aliphatic carboxylic acids is 1. The Kier molecular flexibility index (Phi) is 79.1. The Morgan fingerprint density at radius 2 is 0.545 bits per heavy atom. The quantitative estimate of drug-likeness (QED) is 0.0211. The molecule has 1 N–H and O–H groups in total. The molecule has 0 aromatic heterocycles. The molecule has 0 radical (unpaired) electrons. The van der Waals surface area contributed by atoms with Gasteiger partial charge in [0.15, 0.2) is 6.10 Å². The van der Waals surface area contributed by atoms with E-state index in [9.17, 15) is 19.5 Å². The van der Waals surface area contributed by atoms with Crippen LogP contribution < -0.4 is 0 Å². The number of nitrogens with zero attached hydrogens (tertiary/aromatic N) is 1. The first-order valence-corrected chi connectivity index (χ1v) is 44.2. The first-order valence-electron chi connectivity index (χ1n) is 44.2. The normalized spacial score (nSPS) is 12.7. The first-order chi connectivity index (χ1) is 48.6. The SMILES string of the molecule is CCCCCCC/C=C\C/C=C\CCCCCCCCCCCCCCCCCCCCCCCCCC(=O)OC(COC(=O)CCCCCCCCCCCCCCCCCCCCCCCCCCCCC/C=C\CCCCCCCCCC)COC(OCC[N+](C)(C)C)C(=O)O. The Labute approximate surface area is 617 Å². The van der Waals surface area contributed by atoms with E-state index < -0.39 is 18.4 Å². The van der Waals surface area contributed by atoms with Crippen molar-refractivity contribution >= 4 is 17.9 Å². The van der Waals surface area contributed by atoms with Crippen LogP contribution in [0.3, 0.4) is 0 Å². The molecular weight excluding hydrogens is 1220 g/mol. The summed E-state index contributed by atoms with van der Waals surface area (Å²) in [4.78, 5) is 37.8. The molecule has 584 valence electrons. The monoisotopic (exact) mass is 1400 g/mol. The van der Waals surface area contributed by atoms with Gasteiger partial charge in [-0.1, -0.05) is 416 Å². The van der Waals surface area contributed by atoms with Gasteiger partial charge < -0.3 is 28.5 Å². The second kappa shape index (κ2) is 81.2. The number of likely N-dealkylation sites (N-methyl/N-ethyl adjacent to an activating group) is 1. The van der Waals surface area contributed by atoms with E-state index in [2.05, 4.69) is 50.3 Å². The van der Waals surface area contributed by atoms with E-state index in [0.717, 1.165) is 44.9 Å². The molecule has 2 unspecified atom stereocenters. The fourth-order valence-electron chi connectivity index (χ4n) is 13.6. The van der Waals surface area contributed by atoms with Gasteiger partial charge in [-0.25, -0.2) is 4.79 Å². The van der Waals surface area contributed by atoms with Crippen molar-refractivity contribution in [3.63, 3.8) is 0 Å². The minimum Gasteiger partial charge on any atom is -0.477 e. The van der Waals surface area contributed by atoms with Crippen LogP contribution in [0.25, 0.3) is 0 Å². The van der Waals surface area contributed by atoms with Crippen molar-refractivity contribution in [1.82, 2.24) is 0 Å². The number of allylic oxidation sites excluding steroid dienone is 6. The van der Waals surface area contributed by atoms with Crippen molar-refractivity contribution in [2.24, 2.45) is 0 Å². The lowest BCUT2D eigenvalue weighted by Gasteiger charge is -2.25. The van der Waals surface area contributed by atoms with Crippen LogP contribution in [-0.2, 0) is 33.3 Å². The number of carbonyl (C=O) groups excluding carboxylic acids is 2. The second-order valence-electron chi connectivity index (χ2n) is 31.6. The lowest BCUT2D eigenvalue weighted by Crippen LogP contribution is -2.40. The lowest BCUT2D eigenvalue weighted by molar-refractivity contribution is -0.870. The molecule has 0 saturated carbocycles. The molecular formula is C90H172NO8+. The number of quaternary nitrogens is 1. The summed E-state index contributed by atoms with van der Waals surface area (Å²) in [7, 11) is 6.01. The number of hydrogen-bond donors (Lipinski definition) is 1. The summed E-state index contributed by atoms with van der Waals surface area (Å²) in [5.41, 5.74) is 0. The highest BCUT2D eigenvalue weighted by atomic mass is 16.7. The maximum Gasteiger partial charge on any atom is 0.361 e. The van der Waals surface area contributed by atoms with Crippen LogP contribution in [-0.4, -0.2) is 87.4 Å². The number of esters is 2. The Morgan fingerprint density at radius 1 is 0.303 bits per heavy atom. The van der Waals surface area contributed by atoms with Gasteiger partial charge in [-0.15, -0.1) is 0 Å². The molecule has 0 rings (SSSR count). The average molecular weight is 1400 g/mol. The van der Waals surface area contributed by atoms with Gasteiger partial charge in [0.05, 0.1) is 34.4 Å². The van der Waals surface area contributed by atoms with Crippen LogP contribution in [0.2, 0.25) is 0 Å². The van der Waals surface area contributed by atoms with Gasteiger partial charge >= 0.3 is 17.9 Å². The molecule has 0 aliphatic heterocycles. The summed E-state index contributed by atoms with van der Waals surface area (Å²) >= 11 is 0. The number of ether oxygens (including phenoxy) is 4. The molecule has 2 atom stereocenters. The molecule has 0 aliphatic carbocycles. The number of unbranched alkanes of at least 4 members (excludes halogenated alkanes) is 63. The fourth-order valence-corrected chi connectivity index (χ4v) is 13.6. The Balaban J connectivity index is 3.90. The third-order valence-corrected chi connectivity index (χ3v) is 20.4. The molecule has 9 heteroatoms. The molecule has 99 heavy (non-hydrogen) atoms. The van der Waals surface area contributed by atoms with Crippen LogP contribution in [0.5, 0.6) is 0 Å². The van der Waals surface area contributed by atoms with Crippen molar-refractivity contribution in [3.05, 3.63) is 36.5 Å².